The third kappa shape index (κ3) is 1.76. The first-order valence-electron chi connectivity index (χ1n) is 3.48. The van der Waals surface area contributed by atoms with E-state index in [1.165, 1.54) is 7.11 Å². The van der Waals surface area contributed by atoms with E-state index in [9.17, 15) is 4.79 Å². The van der Waals surface area contributed by atoms with Gasteiger partial charge < -0.3 is 15.5 Å². The Balaban J connectivity index is 3.05. The zero-order valence-corrected chi connectivity index (χ0v) is 7.00. The number of H-pyrrole nitrogens is 1. The monoisotopic (exact) mass is 180 g/mol. The number of aromatic amines is 1. The Morgan fingerprint density at radius 3 is 3.08 bits per heavy atom. The summed E-state index contributed by atoms with van der Waals surface area (Å²) in [5, 5.41) is 8.42. The van der Waals surface area contributed by atoms with Crippen molar-refractivity contribution in [1.29, 1.82) is 5.26 Å². The number of hydrogen-bond donors (Lipinski definition) is 2. The zero-order valence-electron chi connectivity index (χ0n) is 7.00. The largest absolute Gasteiger partial charge is 0.464 e. The van der Waals surface area contributed by atoms with Gasteiger partial charge in [0, 0.05) is 0 Å². The molecule has 1 aromatic rings. The van der Waals surface area contributed by atoms with Crippen LogP contribution in [0.2, 0.25) is 0 Å². The first kappa shape index (κ1) is 9.06. The minimum absolute atomic E-state index is 0.0502. The molecule has 6 heteroatoms. The minimum Gasteiger partial charge on any atom is -0.464 e. The Labute approximate surface area is 74.3 Å². The van der Waals surface area contributed by atoms with Crippen LogP contribution in [-0.4, -0.2) is 23.0 Å². The van der Waals surface area contributed by atoms with Gasteiger partial charge in [-0.25, -0.2) is 9.78 Å². The van der Waals surface area contributed by atoms with Crippen molar-refractivity contribution in [1.82, 2.24) is 9.97 Å². The number of carbonyl (C=O) groups excluding carboxylic acids is 1. The molecule has 0 aromatic carbocycles. The number of aromatic nitrogens is 2. The first-order chi connectivity index (χ1) is 6.19. The van der Waals surface area contributed by atoms with Crippen molar-refractivity contribution in [3.63, 3.8) is 0 Å². The van der Waals surface area contributed by atoms with Crippen molar-refractivity contribution >= 4 is 11.9 Å². The fraction of sp³-hybridized carbons (Fsp3) is 0.286. The van der Waals surface area contributed by atoms with E-state index in [1.54, 1.807) is 0 Å². The number of esters is 1. The molecule has 0 unspecified atom stereocenters. The standard InChI is InChI=1S/C7H8N4O2/c1-13-6(12)5-4(2-3-8)10-7(9)11-5/h2H2,1H3,(H3,9,10,11). The fourth-order valence-corrected chi connectivity index (χ4v) is 0.902. The lowest BCUT2D eigenvalue weighted by Gasteiger charge is -1.94. The van der Waals surface area contributed by atoms with Crippen LogP contribution in [0.15, 0.2) is 0 Å². The van der Waals surface area contributed by atoms with E-state index in [4.69, 9.17) is 11.0 Å². The number of nitrogens with zero attached hydrogens (tertiary/aromatic N) is 2. The molecular formula is C7H8N4O2. The van der Waals surface area contributed by atoms with E-state index >= 15 is 0 Å². The van der Waals surface area contributed by atoms with Crippen LogP contribution < -0.4 is 5.73 Å². The van der Waals surface area contributed by atoms with Gasteiger partial charge in [0.15, 0.2) is 11.6 Å². The highest BCUT2D eigenvalue weighted by atomic mass is 16.5. The second kappa shape index (κ2) is 3.58. The maximum atomic E-state index is 11.1. The third-order valence-corrected chi connectivity index (χ3v) is 1.43. The Bertz CT molecular complexity index is 363. The Hall–Kier alpha value is -2.03. The number of nitrogens with one attached hydrogen (secondary N) is 1. The van der Waals surface area contributed by atoms with E-state index in [1.807, 2.05) is 6.07 Å². The lowest BCUT2D eigenvalue weighted by atomic mass is 10.2. The number of ether oxygens (including phenoxy) is 1. The molecule has 0 saturated heterocycles. The molecule has 0 aliphatic heterocycles. The van der Waals surface area contributed by atoms with Crippen molar-refractivity contribution in [2.45, 2.75) is 6.42 Å². The topological polar surface area (TPSA) is 105 Å². The van der Waals surface area contributed by atoms with Crippen LogP contribution in [0.3, 0.4) is 0 Å². The number of methoxy groups -OCH3 is 1. The molecule has 0 spiro atoms. The third-order valence-electron chi connectivity index (χ3n) is 1.43. The van der Waals surface area contributed by atoms with Gasteiger partial charge >= 0.3 is 5.97 Å². The molecule has 1 rings (SSSR count). The Kier molecular flexibility index (Phi) is 2.50. The summed E-state index contributed by atoms with van der Waals surface area (Å²) >= 11 is 0. The zero-order chi connectivity index (χ0) is 9.84. The molecule has 3 N–H and O–H groups in total. The lowest BCUT2D eigenvalue weighted by molar-refractivity contribution is 0.0593. The van der Waals surface area contributed by atoms with Gasteiger partial charge in [-0.3, -0.25) is 0 Å². The lowest BCUT2D eigenvalue weighted by Crippen LogP contribution is -2.05. The number of anilines is 1. The Morgan fingerprint density at radius 2 is 2.54 bits per heavy atom. The molecule has 0 bridgehead atoms. The van der Waals surface area contributed by atoms with Crippen molar-refractivity contribution in [3.8, 4) is 6.07 Å². The highest BCUT2D eigenvalue weighted by molar-refractivity contribution is 5.89. The molecular weight excluding hydrogens is 172 g/mol. The van der Waals surface area contributed by atoms with Crippen LogP contribution in [-0.2, 0) is 11.2 Å². The molecule has 0 saturated carbocycles. The van der Waals surface area contributed by atoms with Crippen LogP contribution >= 0.6 is 0 Å². The molecule has 6 nitrogen and oxygen atoms in total. The molecule has 1 aromatic heterocycles. The van der Waals surface area contributed by atoms with E-state index in [2.05, 4.69) is 14.7 Å². The van der Waals surface area contributed by atoms with E-state index in [-0.39, 0.29) is 18.1 Å². The highest BCUT2D eigenvalue weighted by Crippen LogP contribution is 2.09. The van der Waals surface area contributed by atoms with Gasteiger partial charge in [-0.05, 0) is 0 Å². The first-order valence-corrected chi connectivity index (χ1v) is 3.48. The average molecular weight is 180 g/mol. The number of carbonyl (C=O) groups is 1. The van der Waals surface area contributed by atoms with Crippen molar-refractivity contribution < 1.29 is 9.53 Å². The van der Waals surface area contributed by atoms with Crippen LogP contribution in [0.1, 0.15) is 16.2 Å². The fourth-order valence-electron chi connectivity index (χ4n) is 0.902. The van der Waals surface area contributed by atoms with Crippen LogP contribution in [0.5, 0.6) is 0 Å². The summed E-state index contributed by atoms with van der Waals surface area (Å²) in [6.45, 7) is 0. The summed E-state index contributed by atoms with van der Waals surface area (Å²) in [5.74, 6) is -0.496. The molecule has 0 radical (unpaired) electrons. The van der Waals surface area contributed by atoms with Gasteiger partial charge in [0.1, 0.15) is 0 Å². The normalized spacial score (nSPS) is 9.23. The predicted molar refractivity (Wildman–Crippen MR) is 43.7 cm³/mol. The van der Waals surface area contributed by atoms with Gasteiger partial charge in [-0.2, -0.15) is 5.26 Å². The molecule has 68 valence electrons. The maximum Gasteiger partial charge on any atom is 0.358 e. The smallest absolute Gasteiger partial charge is 0.358 e. The van der Waals surface area contributed by atoms with Gasteiger partial charge in [0.05, 0.1) is 25.3 Å². The van der Waals surface area contributed by atoms with Gasteiger partial charge in [0.25, 0.3) is 0 Å². The molecule has 0 amide bonds. The molecule has 0 aliphatic rings. The van der Waals surface area contributed by atoms with E-state index < -0.39 is 5.97 Å². The molecule has 13 heavy (non-hydrogen) atoms. The van der Waals surface area contributed by atoms with Gasteiger partial charge in [-0.15, -0.1) is 0 Å². The number of nitriles is 1. The highest BCUT2D eigenvalue weighted by Gasteiger charge is 2.16. The minimum atomic E-state index is -0.599. The van der Waals surface area contributed by atoms with Crippen LogP contribution in [0, 0.1) is 11.3 Å². The summed E-state index contributed by atoms with van der Waals surface area (Å²) in [7, 11) is 1.24. The number of nitrogens with two attached hydrogens (primary N) is 1. The summed E-state index contributed by atoms with van der Waals surface area (Å²) in [6, 6.07) is 1.88. The average Bonchev–Trinajstić information content (AvgIpc) is 2.46. The van der Waals surface area contributed by atoms with Gasteiger partial charge in [0.2, 0.25) is 0 Å². The molecule has 0 fully saturated rings. The van der Waals surface area contributed by atoms with E-state index in [0.29, 0.717) is 5.69 Å². The molecule has 0 aliphatic carbocycles. The number of imidazole rings is 1. The van der Waals surface area contributed by atoms with Gasteiger partial charge in [-0.1, -0.05) is 0 Å². The molecule has 0 atom stereocenters. The van der Waals surface area contributed by atoms with Crippen molar-refractivity contribution in [2.75, 3.05) is 12.8 Å². The summed E-state index contributed by atoms with van der Waals surface area (Å²) in [5.41, 5.74) is 5.77. The van der Waals surface area contributed by atoms with Crippen LogP contribution in [0.25, 0.3) is 0 Å². The quantitative estimate of drug-likeness (QED) is 0.615. The second-order valence-electron chi connectivity index (χ2n) is 2.28. The van der Waals surface area contributed by atoms with Crippen LogP contribution in [0.4, 0.5) is 5.95 Å². The predicted octanol–water partition coefficient (Wildman–Crippen LogP) is -0.155. The SMILES string of the molecule is COC(=O)c1nc(N)[nH]c1CC#N. The summed E-state index contributed by atoms with van der Waals surface area (Å²) < 4.78 is 4.45. The number of rotatable bonds is 2. The maximum absolute atomic E-state index is 11.1. The number of nitrogen functional groups attached to an aromatic ring is 1. The second-order valence-corrected chi connectivity index (χ2v) is 2.28. The van der Waals surface area contributed by atoms with Crippen molar-refractivity contribution in [2.24, 2.45) is 0 Å². The summed E-state index contributed by atoms with van der Waals surface area (Å²) in [6.07, 6.45) is 0.0502. The Morgan fingerprint density at radius 1 is 1.85 bits per heavy atom. The summed E-state index contributed by atoms with van der Waals surface area (Å²) in [4.78, 5) is 17.4. The molecule has 1 heterocycles. The van der Waals surface area contributed by atoms with E-state index in [0.717, 1.165) is 0 Å². The number of hydrogen-bond acceptors (Lipinski definition) is 5. The van der Waals surface area contributed by atoms with Crippen molar-refractivity contribution in [3.05, 3.63) is 11.4 Å².